The molecule has 16 nitrogen and oxygen atoms in total. The van der Waals surface area contributed by atoms with Crippen LogP contribution in [0.15, 0.2) is 60.7 Å². The predicted molar refractivity (Wildman–Crippen MR) is 299 cm³/mol. The highest BCUT2D eigenvalue weighted by molar-refractivity contribution is 8.00. The lowest BCUT2D eigenvalue weighted by molar-refractivity contribution is -0.144. The highest BCUT2D eigenvalue weighted by atomic mass is 32.2. The molecule has 4 aliphatic rings. The largest absolute Gasteiger partial charge is 0.379 e. The number of carbonyl (C=O) groups excluding carboxylic acids is 6. The molecule has 75 heavy (non-hydrogen) atoms. The first-order valence-corrected chi connectivity index (χ1v) is 29.6. The average Bonchev–Trinajstić information content (AvgIpc) is 3.71. The van der Waals surface area contributed by atoms with Gasteiger partial charge in [-0.1, -0.05) is 127 Å². The maximum Gasteiger partial charge on any atom is 0.246 e. The molecule has 0 saturated carbocycles. The second-order valence-electron chi connectivity index (χ2n) is 22.8. The van der Waals surface area contributed by atoms with Gasteiger partial charge in [0, 0.05) is 13.2 Å². The highest BCUT2D eigenvalue weighted by Crippen LogP contribution is 2.48. The fraction of sp³-hybridized carbons (Fsp3) is 0.684. The van der Waals surface area contributed by atoms with E-state index in [4.69, 9.17) is 9.47 Å². The minimum absolute atomic E-state index is 0.145. The van der Waals surface area contributed by atoms with E-state index in [1.165, 1.54) is 0 Å². The quantitative estimate of drug-likeness (QED) is 0.0525. The zero-order chi connectivity index (χ0) is 54.3. The summed E-state index contributed by atoms with van der Waals surface area (Å²) >= 11 is 3.37. The Morgan fingerprint density at radius 3 is 1.44 bits per heavy atom. The SMILES string of the molecule is CN[C@@H](C)C(=O)N[C@H]1CCS[C@H]2CC(C)(C)[C@@H](C(=O)N[C@H](COCCCCCCCCCCOC[C@@H](NC(=O)[C@H]3N4C(=O)[C@@H](NC(=O)C(C)(C)NC)CCS[C@@H]4CC3(C)C)c3ccccc3)c3ccccc3)N2C1=O. The van der Waals surface area contributed by atoms with Crippen molar-refractivity contribution in [3.8, 4) is 0 Å². The molecule has 2 aromatic carbocycles. The predicted octanol–water partition coefficient (Wildman–Crippen LogP) is 6.61. The smallest absolute Gasteiger partial charge is 0.246 e. The Labute approximate surface area is 455 Å². The molecule has 2 aromatic rings. The molecule has 0 radical (unpaired) electrons. The van der Waals surface area contributed by atoms with Crippen LogP contribution in [0.25, 0.3) is 0 Å². The summed E-state index contributed by atoms with van der Waals surface area (Å²) < 4.78 is 12.5. The summed E-state index contributed by atoms with van der Waals surface area (Å²) in [5.74, 6) is 0.0943. The van der Waals surface area contributed by atoms with E-state index < -0.39 is 58.7 Å². The summed E-state index contributed by atoms with van der Waals surface area (Å²) in [6.45, 7) is 15.3. The van der Waals surface area contributed by atoms with Gasteiger partial charge < -0.3 is 51.2 Å². The molecule has 416 valence electrons. The van der Waals surface area contributed by atoms with Crippen LogP contribution in [0.3, 0.4) is 0 Å². The number of nitrogens with one attached hydrogen (secondary N) is 6. The first kappa shape index (κ1) is 60.0. The van der Waals surface area contributed by atoms with E-state index in [-0.39, 0.29) is 46.2 Å². The van der Waals surface area contributed by atoms with Crippen molar-refractivity contribution in [1.29, 1.82) is 0 Å². The van der Waals surface area contributed by atoms with Crippen molar-refractivity contribution in [2.24, 2.45) is 10.8 Å². The monoisotopic (exact) mass is 1080 g/mol. The molecule has 6 N–H and O–H groups in total. The Morgan fingerprint density at radius 2 is 1.04 bits per heavy atom. The van der Waals surface area contributed by atoms with Crippen molar-refractivity contribution in [2.45, 2.75) is 184 Å². The molecule has 4 heterocycles. The van der Waals surface area contributed by atoms with Crippen LogP contribution in [0, 0.1) is 10.8 Å². The van der Waals surface area contributed by atoms with Gasteiger partial charge in [-0.2, -0.15) is 0 Å². The van der Waals surface area contributed by atoms with Crippen LogP contribution < -0.4 is 31.9 Å². The van der Waals surface area contributed by atoms with E-state index in [9.17, 15) is 28.8 Å². The van der Waals surface area contributed by atoms with Crippen molar-refractivity contribution in [2.75, 3.05) is 52.0 Å². The number of nitrogens with zero attached hydrogens (tertiary/aromatic N) is 2. The van der Waals surface area contributed by atoms with Crippen LogP contribution >= 0.6 is 23.5 Å². The molecular weight excluding hydrogens is 989 g/mol. The van der Waals surface area contributed by atoms with Gasteiger partial charge >= 0.3 is 0 Å². The molecule has 0 unspecified atom stereocenters. The summed E-state index contributed by atoms with van der Waals surface area (Å²) in [4.78, 5) is 86.5. The summed E-state index contributed by atoms with van der Waals surface area (Å²) in [5, 5.41) is 18.1. The van der Waals surface area contributed by atoms with Crippen LogP contribution in [-0.4, -0.2) is 144 Å². The van der Waals surface area contributed by atoms with Crippen LogP contribution in [0.5, 0.6) is 0 Å². The van der Waals surface area contributed by atoms with Crippen molar-refractivity contribution >= 4 is 59.0 Å². The number of rotatable bonds is 27. The lowest BCUT2D eigenvalue weighted by atomic mass is 9.83. The number of unbranched alkanes of at least 4 members (excludes halogenated alkanes) is 7. The Kier molecular flexibility index (Phi) is 22.3. The standard InChI is InChI=1S/C57H88N8O8S2/c1-38(58-8)49(66)60-41-28-32-74-45-34-55(2,3)47(64(45)52(41)69)50(67)61-43(39-24-18-16-19-25-39)36-72-30-22-14-12-10-11-13-15-23-31-73-37-44(40-26-20-17-21-27-40)62-51(68)48-56(4,5)35-46-65(48)53(70)42(29-33-75-46)63-54(71)57(6,7)59-9/h16-21,24-27,38,41-48,58-59H,10-15,22-23,28-37H2,1-9H3,(H,60,66)(H,61,67)(H,62,68)(H,63,71)/t38-,41-,42-,43+,44+,45-,46+,47+,48+/m0/s1. The second kappa shape index (κ2) is 27.9. The number of likely N-dealkylation sites (N-methyl/N-ethyl adjacent to an activating group) is 2. The van der Waals surface area contributed by atoms with Gasteiger partial charge in [0.25, 0.3) is 0 Å². The first-order valence-electron chi connectivity index (χ1n) is 27.5. The average molecular weight is 1080 g/mol. The van der Waals surface area contributed by atoms with Crippen molar-refractivity contribution < 1.29 is 38.2 Å². The van der Waals surface area contributed by atoms with E-state index in [0.29, 0.717) is 63.6 Å². The van der Waals surface area contributed by atoms with Gasteiger partial charge in [-0.15, -0.1) is 23.5 Å². The van der Waals surface area contributed by atoms with Gasteiger partial charge in [0.05, 0.1) is 47.6 Å². The second-order valence-corrected chi connectivity index (χ2v) is 25.4. The van der Waals surface area contributed by atoms with E-state index in [1.54, 1.807) is 68.2 Å². The number of carbonyl (C=O) groups is 6. The van der Waals surface area contributed by atoms with Crippen LogP contribution in [0.2, 0.25) is 0 Å². The molecule has 0 bridgehead atoms. The maximum absolute atomic E-state index is 14.4. The molecular formula is C57H88N8O8S2. The Hall–Kier alpha value is -4.20. The summed E-state index contributed by atoms with van der Waals surface area (Å²) in [7, 11) is 3.43. The Morgan fingerprint density at radius 1 is 0.640 bits per heavy atom. The molecule has 18 heteroatoms. The van der Waals surface area contributed by atoms with Gasteiger partial charge in [-0.25, -0.2) is 0 Å². The molecule has 6 amide bonds. The lowest BCUT2D eigenvalue weighted by Gasteiger charge is -2.35. The zero-order valence-electron chi connectivity index (χ0n) is 46.2. The molecule has 9 atom stereocenters. The number of amides is 6. The molecule has 6 rings (SSSR count). The molecule has 4 fully saturated rings. The van der Waals surface area contributed by atoms with Crippen molar-refractivity contribution in [1.82, 2.24) is 41.7 Å². The van der Waals surface area contributed by atoms with Crippen molar-refractivity contribution in [3.63, 3.8) is 0 Å². The van der Waals surface area contributed by atoms with E-state index >= 15 is 0 Å². The molecule has 0 aliphatic carbocycles. The molecule has 0 aromatic heterocycles. The number of fused-ring (bicyclic) bond motifs is 2. The third-order valence-corrected chi connectivity index (χ3v) is 18.2. The first-order chi connectivity index (χ1) is 35.8. The third-order valence-electron chi connectivity index (χ3n) is 15.7. The van der Waals surface area contributed by atoms with Gasteiger partial charge in [0.15, 0.2) is 0 Å². The van der Waals surface area contributed by atoms with Crippen LogP contribution in [0.4, 0.5) is 0 Å². The van der Waals surface area contributed by atoms with Crippen LogP contribution in [0.1, 0.15) is 149 Å². The number of hydrogen-bond donors (Lipinski definition) is 6. The number of benzene rings is 2. The van der Waals surface area contributed by atoms with Crippen LogP contribution in [-0.2, 0) is 38.2 Å². The third kappa shape index (κ3) is 16.0. The van der Waals surface area contributed by atoms with Gasteiger partial charge in [-0.05, 0) is 107 Å². The number of ether oxygens (including phenoxy) is 2. The Bertz CT molecular complexity index is 2200. The number of thioether (sulfide) groups is 2. The zero-order valence-corrected chi connectivity index (χ0v) is 47.8. The topological polar surface area (TPSA) is 200 Å². The lowest BCUT2D eigenvalue weighted by Crippen LogP contribution is -2.60. The van der Waals surface area contributed by atoms with Gasteiger partial charge in [0.1, 0.15) is 24.2 Å². The number of hydrogen-bond acceptors (Lipinski definition) is 12. The van der Waals surface area contributed by atoms with Gasteiger partial charge in [-0.3, -0.25) is 28.8 Å². The van der Waals surface area contributed by atoms with E-state index in [2.05, 4.69) is 31.9 Å². The molecule has 4 saturated heterocycles. The molecule has 4 aliphatic heterocycles. The fourth-order valence-corrected chi connectivity index (χ4v) is 13.9. The van der Waals surface area contributed by atoms with Gasteiger partial charge in [0.2, 0.25) is 35.4 Å². The fourth-order valence-electron chi connectivity index (χ4n) is 10.8. The maximum atomic E-state index is 14.4. The minimum atomic E-state index is -0.846. The summed E-state index contributed by atoms with van der Waals surface area (Å²) in [6.07, 6.45) is 10.8. The summed E-state index contributed by atoms with van der Waals surface area (Å²) in [5.41, 5.74) is 0.0784. The Balaban J connectivity index is 0.902. The summed E-state index contributed by atoms with van der Waals surface area (Å²) in [6, 6.07) is 15.7. The van der Waals surface area contributed by atoms with Crippen molar-refractivity contribution in [3.05, 3.63) is 71.8 Å². The normalized spacial score (nSPS) is 24.5. The molecule has 0 spiro atoms. The van der Waals surface area contributed by atoms with E-state index in [0.717, 1.165) is 62.5 Å². The minimum Gasteiger partial charge on any atom is -0.379 e. The highest BCUT2D eigenvalue weighted by Gasteiger charge is 2.56. The van der Waals surface area contributed by atoms with E-state index in [1.807, 2.05) is 88.4 Å².